The molecule has 1 atom stereocenters. The lowest BCUT2D eigenvalue weighted by Crippen LogP contribution is -2.11. The molecule has 0 saturated heterocycles. The second-order valence-corrected chi connectivity index (χ2v) is 1.86. The maximum absolute atomic E-state index is 12.6. The predicted octanol–water partition coefficient (Wildman–Crippen LogP) is -0.695. The molecule has 1 aromatic heterocycles. The number of nitrogens with zero attached hydrogens (tertiary/aromatic N) is 4. The first-order valence-corrected chi connectivity index (χ1v) is 2.72. The number of carbonyl (C=O) groups is 1. The highest BCUT2D eigenvalue weighted by atomic mass is 19.1. The van der Waals surface area contributed by atoms with Crippen molar-refractivity contribution in [3.8, 4) is 0 Å². The first kappa shape index (κ1) is 7.58. The van der Waals surface area contributed by atoms with Gasteiger partial charge in [0.15, 0.2) is 5.82 Å². The van der Waals surface area contributed by atoms with Crippen LogP contribution in [-0.4, -0.2) is 31.3 Å². The predicted molar refractivity (Wildman–Crippen MR) is 30.3 cm³/mol. The van der Waals surface area contributed by atoms with E-state index in [1.54, 1.807) is 0 Å². The number of rotatable bonds is 2. The topological polar surface area (TPSA) is 80.9 Å². The Hall–Kier alpha value is -1.53. The van der Waals surface area contributed by atoms with Gasteiger partial charge in [0.1, 0.15) is 0 Å². The third-order valence-corrected chi connectivity index (χ3v) is 1.10. The first-order valence-electron chi connectivity index (χ1n) is 2.72. The van der Waals surface area contributed by atoms with Crippen LogP contribution in [0.25, 0.3) is 0 Å². The fourth-order valence-corrected chi connectivity index (χ4v) is 0.562. The van der Waals surface area contributed by atoms with Gasteiger partial charge in [0.2, 0.25) is 0 Å². The summed E-state index contributed by atoms with van der Waals surface area (Å²) in [5.41, 5.74) is 0. The molecule has 7 heteroatoms. The van der Waals surface area contributed by atoms with Crippen molar-refractivity contribution in [2.24, 2.45) is 7.05 Å². The summed E-state index contributed by atoms with van der Waals surface area (Å²) >= 11 is 0. The molecule has 6 nitrogen and oxygen atoms in total. The van der Waals surface area contributed by atoms with Crippen LogP contribution < -0.4 is 0 Å². The standard InChI is InChI=1S/C4H5FN4O2/c1-9-3(6-7-8-9)2(5)4(10)11/h2H,1H3,(H,10,11). The van der Waals surface area contributed by atoms with E-state index in [1.165, 1.54) is 7.05 Å². The molecule has 60 valence electrons. The number of alkyl halides is 1. The Labute approximate surface area is 60.6 Å². The van der Waals surface area contributed by atoms with Crippen LogP contribution in [0.15, 0.2) is 0 Å². The van der Waals surface area contributed by atoms with Crippen molar-refractivity contribution in [1.82, 2.24) is 20.2 Å². The van der Waals surface area contributed by atoms with Gasteiger partial charge in [-0.3, -0.25) is 0 Å². The van der Waals surface area contributed by atoms with Crippen LogP contribution in [0.2, 0.25) is 0 Å². The van der Waals surface area contributed by atoms with Crippen LogP contribution in [0.1, 0.15) is 12.0 Å². The summed E-state index contributed by atoms with van der Waals surface area (Å²) in [6, 6.07) is 0. The van der Waals surface area contributed by atoms with Crippen molar-refractivity contribution < 1.29 is 14.3 Å². The van der Waals surface area contributed by atoms with Crippen LogP contribution in [0.5, 0.6) is 0 Å². The minimum Gasteiger partial charge on any atom is -0.479 e. The Balaban J connectivity index is 2.92. The Bertz CT molecular complexity index is 273. The van der Waals surface area contributed by atoms with Gasteiger partial charge in [-0.1, -0.05) is 0 Å². The fraction of sp³-hybridized carbons (Fsp3) is 0.500. The molecule has 1 rings (SSSR count). The summed E-state index contributed by atoms with van der Waals surface area (Å²) in [4.78, 5) is 10.1. The van der Waals surface area contributed by atoms with Crippen molar-refractivity contribution in [3.63, 3.8) is 0 Å². The van der Waals surface area contributed by atoms with Crippen LogP contribution in [0.4, 0.5) is 4.39 Å². The number of carboxylic acid groups (broad SMARTS) is 1. The molecule has 0 aromatic carbocycles. The van der Waals surface area contributed by atoms with Gasteiger partial charge in [0.25, 0.3) is 6.17 Å². The molecule has 1 aromatic rings. The Kier molecular flexibility index (Phi) is 1.79. The molecule has 0 fully saturated rings. The van der Waals surface area contributed by atoms with E-state index in [9.17, 15) is 9.18 Å². The van der Waals surface area contributed by atoms with Crippen LogP contribution in [0.3, 0.4) is 0 Å². The van der Waals surface area contributed by atoms with Gasteiger partial charge in [-0.05, 0) is 10.4 Å². The first-order chi connectivity index (χ1) is 5.13. The van der Waals surface area contributed by atoms with Crippen molar-refractivity contribution in [3.05, 3.63) is 5.82 Å². The van der Waals surface area contributed by atoms with Crippen LogP contribution >= 0.6 is 0 Å². The molecule has 0 radical (unpaired) electrons. The molecule has 0 spiro atoms. The van der Waals surface area contributed by atoms with Crippen molar-refractivity contribution in [1.29, 1.82) is 0 Å². The quantitative estimate of drug-likeness (QED) is 0.619. The molecule has 0 bridgehead atoms. The lowest BCUT2D eigenvalue weighted by Gasteiger charge is -1.97. The fourth-order valence-electron chi connectivity index (χ4n) is 0.562. The monoisotopic (exact) mass is 160 g/mol. The molecule has 1 heterocycles. The van der Waals surface area contributed by atoms with Crippen molar-refractivity contribution in [2.75, 3.05) is 0 Å². The molecular formula is C4H5FN4O2. The zero-order chi connectivity index (χ0) is 8.43. The molecule has 0 aliphatic heterocycles. The Morgan fingerprint density at radius 2 is 2.45 bits per heavy atom. The van der Waals surface area contributed by atoms with Gasteiger partial charge < -0.3 is 5.11 Å². The summed E-state index contributed by atoms with van der Waals surface area (Å²) in [6.45, 7) is 0. The van der Waals surface area contributed by atoms with E-state index in [4.69, 9.17) is 5.11 Å². The maximum atomic E-state index is 12.6. The number of aryl methyl sites for hydroxylation is 1. The number of aliphatic carboxylic acids is 1. The van der Waals surface area contributed by atoms with E-state index < -0.39 is 12.1 Å². The van der Waals surface area contributed by atoms with Gasteiger partial charge in [0.05, 0.1) is 0 Å². The SMILES string of the molecule is Cn1nnnc1C(F)C(=O)O. The second-order valence-electron chi connectivity index (χ2n) is 1.86. The number of hydrogen-bond acceptors (Lipinski definition) is 4. The average Bonchev–Trinajstić information content (AvgIpc) is 2.33. The molecule has 0 amide bonds. The van der Waals surface area contributed by atoms with Gasteiger partial charge >= 0.3 is 5.97 Å². The summed E-state index contributed by atoms with van der Waals surface area (Å²) in [5, 5.41) is 17.7. The highest BCUT2D eigenvalue weighted by Crippen LogP contribution is 2.11. The number of carboxylic acids is 1. The van der Waals surface area contributed by atoms with Crippen molar-refractivity contribution >= 4 is 5.97 Å². The minimum absolute atomic E-state index is 0.308. The van der Waals surface area contributed by atoms with Gasteiger partial charge in [-0.15, -0.1) is 5.10 Å². The summed E-state index contributed by atoms with van der Waals surface area (Å²) < 4.78 is 13.6. The zero-order valence-electron chi connectivity index (χ0n) is 5.60. The van der Waals surface area contributed by atoms with Crippen molar-refractivity contribution in [2.45, 2.75) is 6.17 Å². The molecule has 0 aliphatic rings. The largest absolute Gasteiger partial charge is 0.479 e. The highest BCUT2D eigenvalue weighted by Gasteiger charge is 2.23. The normalized spacial score (nSPS) is 12.9. The average molecular weight is 160 g/mol. The minimum atomic E-state index is -2.16. The highest BCUT2D eigenvalue weighted by molar-refractivity contribution is 5.72. The molecule has 0 aliphatic carbocycles. The third-order valence-electron chi connectivity index (χ3n) is 1.10. The summed E-state index contributed by atoms with van der Waals surface area (Å²) in [6.07, 6.45) is -2.16. The van der Waals surface area contributed by atoms with Gasteiger partial charge in [-0.25, -0.2) is 13.9 Å². The third kappa shape index (κ3) is 1.31. The lowest BCUT2D eigenvalue weighted by molar-refractivity contribution is -0.143. The second kappa shape index (κ2) is 2.60. The van der Waals surface area contributed by atoms with Crippen LogP contribution in [-0.2, 0) is 11.8 Å². The summed E-state index contributed by atoms with van der Waals surface area (Å²) in [5.74, 6) is -1.90. The Morgan fingerprint density at radius 3 is 2.82 bits per heavy atom. The van der Waals surface area contributed by atoms with E-state index in [0.29, 0.717) is 0 Å². The Morgan fingerprint density at radius 1 is 1.82 bits per heavy atom. The van der Waals surface area contributed by atoms with E-state index in [2.05, 4.69) is 15.5 Å². The zero-order valence-corrected chi connectivity index (χ0v) is 5.60. The van der Waals surface area contributed by atoms with E-state index in [0.717, 1.165) is 4.68 Å². The molecule has 0 saturated carbocycles. The van der Waals surface area contributed by atoms with Crippen LogP contribution in [0, 0.1) is 0 Å². The van der Waals surface area contributed by atoms with E-state index in [1.807, 2.05) is 0 Å². The number of tetrazole rings is 1. The van der Waals surface area contributed by atoms with Gasteiger partial charge in [0, 0.05) is 7.05 Å². The smallest absolute Gasteiger partial charge is 0.346 e. The number of aromatic nitrogens is 4. The summed E-state index contributed by atoms with van der Waals surface area (Å²) in [7, 11) is 1.37. The molecule has 11 heavy (non-hydrogen) atoms. The molecule has 1 unspecified atom stereocenters. The van der Waals surface area contributed by atoms with E-state index >= 15 is 0 Å². The molecular weight excluding hydrogens is 155 g/mol. The molecule has 1 N–H and O–H groups in total. The van der Waals surface area contributed by atoms with E-state index in [-0.39, 0.29) is 5.82 Å². The maximum Gasteiger partial charge on any atom is 0.346 e. The number of hydrogen-bond donors (Lipinski definition) is 1. The lowest BCUT2D eigenvalue weighted by atomic mass is 10.4. The van der Waals surface area contributed by atoms with Gasteiger partial charge in [-0.2, -0.15) is 0 Å². The number of halogens is 1.